The Hall–Kier alpha value is -1.51. The Balaban J connectivity index is 1.89. The molecule has 1 N–H and O–H groups in total. The van der Waals surface area contributed by atoms with Crippen LogP contribution in [0.2, 0.25) is 10.0 Å². The van der Waals surface area contributed by atoms with Crippen LogP contribution < -0.4 is 5.32 Å². The van der Waals surface area contributed by atoms with Crippen molar-refractivity contribution in [1.29, 1.82) is 0 Å². The fourth-order valence-electron chi connectivity index (χ4n) is 2.38. The van der Waals surface area contributed by atoms with Gasteiger partial charge >= 0.3 is 0 Å². The third kappa shape index (κ3) is 2.34. The molecule has 0 unspecified atom stereocenters. The molecule has 0 aliphatic carbocycles. The van der Waals surface area contributed by atoms with E-state index in [1.54, 1.807) is 6.07 Å². The van der Waals surface area contributed by atoms with Gasteiger partial charge in [-0.1, -0.05) is 47.5 Å². The lowest BCUT2D eigenvalue weighted by atomic mass is 9.99. The van der Waals surface area contributed by atoms with Crippen molar-refractivity contribution in [1.82, 2.24) is 5.32 Å². The molecule has 96 valence electrons. The van der Waals surface area contributed by atoms with Crippen LogP contribution in [0.5, 0.6) is 0 Å². The molecule has 0 saturated heterocycles. The summed E-state index contributed by atoms with van der Waals surface area (Å²) >= 11 is 11.9. The number of rotatable bonds is 2. The summed E-state index contributed by atoms with van der Waals surface area (Å²) in [5.41, 5.74) is 2.85. The molecule has 0 fully saturated rings. The normalized spacial score (nSPS) is 17.2. The second kappa shape index (κ2) is 4.87. The van der Waals surface area contributed by atoms with Gasteiger partial charge in [-0.15, -0.1) is 0 Å². The van der Waals surface area contributed by atoms with Gasteiger partial charge in [0.1, 0.15) is 0 Å². The quantitative estimate of drug-likeness (QED) is 0.890. The molecule has 1 heterocycles. The van der Waals surface area contributed by atoms with Crippen molar-refractivity contribution >= 4 is 29.1 Å². The molecule has 0 aromatic heterocycles. The van der Waals surface area contributed by atoms with E-state index < -0.39 is 0 Å². The second-order valence-electron chi connectivity index (χ2n) is 4.57. The Morgan fingerprint density at radius 2 is 1.84 bits per heavy atom. The van der Waals surface area contributed by atoms with Crippen LogP contribution >= 0.6 is 23.2 Å². The monoisotopic (exact) mass is 291 g/mol. The summed E-state index contributed by atoms with van der Waals surface area (Å²) in [6, 6.07) is 13.2. The molecule has 0 spiro atoms. The van der Waals surface area contributed by atoms with Crippen LogP contribution in [0.1, 0.15) is 27.5 Å². The minimum atomic E-state index is -0.0133. The molecule has 4 heteroatoms. The van der Waals surface area contributed by atoms with E-state index in [0.29, 0.717) is 16.5 Å². The summed E-state index contributed by atoms with van der Waals surface area (Å²) in [7, 11) is 0. The molecule has 1 aliphatic heterocycles. The number of fused-ring (bicyclic) bond motifs is 1. The van der Waals surface area contributed by atoms with Crippen LogP contribution in [-0.2, 0) is 6.42 Å². The molecule has 19 heavy (non-hydrogen) atoms. The topological polar surface area (TPSA) is 29.1 Å². The zero-order chi connectivity index (χ0) is 13.4. The third-order valence-electron chi connectivity index (χ3n) is 3.31. The lowest BCUT2D eigenvalue weighted by molar-refractivity contribution is 0.0956. The Morgan fingerprint density at radius 3 is 2.63 bits per heavy atom. The number of amides is 1. The van der Waals surface area contributed by atoms with Crippen LogP contribution in [-0.4, -0.2) is 5.91 Å². The Labute approximate surface area is 121 Å². The van der Waals surface area contributed by atoms with Gasteiger partial charge in [-0.3, -0.25) is 4.79 Å². The molecule has 3 rings (SSSR count). The van der Waals surface area contributed by atoms with E-state index in [4.69, 9.17) is 23.2 Å². The molecule has 0 bridgehead atoms. The van der Waals surface area contributed by atoms with Crippen LogP contribution in [0.15, 0.2) is 42.5 Å². The fraction of sp³-hybridized carbons (Fsp3) is 0.133. The predicted octanol–water partition coefficient (Wildman–Crippen LogP) is 4.02. The molecular formula is C15H11Cl2NO. The predicted molar refractivity (Wildman–Crippen MR) is 76.8 cm³/mol. The average molecular weight is 292 g/mol. The van der Waals surface area contributed by atoms with Crippen molar-refractivity contribution in [2.24, 2.45) is 0 Å². The summed E-state index contributed by atoms with van der Waals surface area (Å²) < 4.78 is 0. The highest BCUT2D eigenvalue weighted by atomic mass is 35.5. The van der Waals surface area contributed by atoms with Gasteiger partial charge in [0.2, 0.25) is 0 Å². The van der Waals surface area contributed by atoms with E-state index in [0.717, 1.165) is 16.7 Å². The van der Waals surface area contributed by atoms with Crippen molar-refractivity contribution < 1.29 is 4.79 Å². The average Bonchev–Trinajstić information content (AvgIpc) is 2.72. The number of halogens is 2. The number of carbonyl (C=O) groups is 1. The van der Waals surface area contributed by atoms with Gasteiger partial charge in [0, 0.05) is 5.56 Å². The summed E-state index contributed by atoms with van der Waals surface area (Å²) in [5.74, 6) is -0.0133. The first-order valence-corrected chi connectivity index (χ1v) is 6.74. The minimum Gasteiger partial charge on any atom is -0.345 e. The Morgan fingerprint density at radius 1 is 1.05 bits per heavy atom. The highest BCUT2D eigenvalue weighted by Crippen LogP contribution is 2.30. The van der Waals surface area contributed by atoms with Crippen molar-refractivity contribution in [3.8, 4) is 0 Å². The Kier molecular flexibility index (Phi) is 3.21. The summed E-state index contributed by atoms with van der Waals surface area (Å²) in [6.45, 7) is 0. The molecule has 2 aromatic rings. The maximum absolute atomic E-state index is 11.8. The number of benzene rings is 2. The van der Waals surface area contributed by atoms with Crippen molar-refractivity contribution in [2.45, 2.75) is 12.5 Å². The standard InChI is InChI=1S/C15H11Cl2NO/c16-12-6-5-9(7-13(12)17)8-14-10-3-1-2-4-11(10)15(19)18-14/h1-7,14H,8H2,(H,18,19)/t14-/m0/s1. The van der Waals surface area contributed by atoms with Crippen LogP contribution in [0.25, 0.3) is 0 Å². The van der Waals surface area contributed by atoms with Crippen molar-refractivity contribution in [3.05, 3.63) is 69.2 Å². The minimum absolute atomic E-state index is 0.000872. The van der Waals surface area contributed by atoms with E-state index in [1.165, 1.54) is 0 Å². The second-order valence-corrected chi connectivity index (χ2v) is 5.38. The number of hydrogen-bond acceptors (Lipinski definition) is 1. The smallest absolute Gasteiger partial charge is 0.252 e. The van der Waals surface area contributed by atoms with Crippen molar-refractivity contribution in [3.63, 3.8) is 0 Å². The molecule has 0 radical (unpaired) electrons. The van der Waals surface area contributed by atoms with E-state index in [2.05, 4.69) is 5.32 Å². The van der Waals surface area contributed by atoms with Gasteiger partial charge in [0.05, 0.1) is 16.1 Å². The fourth-order valence-corrected chi connectivity index (χ4v) is 2.71. The van der Waals surface area contributed by atoms with Gasteiger partial charge < -0.3 is 5.32 Å². The SMILES string of the molecule is O=C1N[C@@H](Cc2ccc(Cl)c(Cl)c2)c2ccccc21. The lowest BCUT2D eigenvalue weighted by Crippen LogP contribution is -2.20. The lowest BCUT2D eigenvalue weighted by Gasteiger charge is -2.12. The summed E-state index contributed by atoms with van der Waals surface area (Å²) in [4.78, 5) is 11.8. The largest absolute Gasteiger partial charge is 0.345 e. The molecular weight excluding hydrogens is 281 g/mol. The van der Waals surface area contributed by atoms with Crippen LogP contribution in [0.4, 0.5) is 0 Å². The van der Waals surface area contributed by atoms with Crippen LogP contribution in [0.3, 0.4) is 0 Å². The summed E-state index contributed by atoms with van der Waals surface area (Å²) in [5, 5.41) is 4.07. The molecule has 2 nitrogen and oxygen atoms in total. The van der Waals surface area contributed by atoms with E-state index in [9.17, 15) is 4.79 Å². The Bertz CT molecular complexity index is 654. The number of carbonyl (C=O) groups excluding carboxylic acids is 1. The summed E-state index contributed by atoms with van der Waals surface area (Å²) in [6.07, 6.45) is 0.708. The molecule has 1 atom stereocenters. The zero-order valence-electron chi connectivity index (χ0n) is 9.99. The highest BCUT2D eigenvalue weighted by molar-refractivity contribution is 6.42. The highest BCUT2D eigenvalue weighted by Gasteiger charge is 2.27. The van der Waals surface area contributed by atoms with Gasteiger partial charge in [-0.05, 0) is 35.7 Å². The van der Waals surface area contributed by atoms with E-state index in [-0.39, 0.29) is 11.9 Å². The first-order valence-electron chi connectivity index (χ1n) is 5.99. The zero-order valence-corrected chi connectivity index (χ0v) is 11.5. The first kappa shape index (κ1) is 12.5. The molecule has 1 aliphatic rings. The van der Waals surface area contributed by atoms with E-state index >= 15 is 0 Å². The van der Waals surface area contributed by atoms with Gasteiger partial charge in [0.15, 0.2) is 0 Å². The molecule has 1 amide bonds. The maximum atomic E-state index is 11.8. The maximum Gasteiger partial charge on any atom is 0.252 e. The molecule has 0 saturated carbocycles. The van der Waals surface area contributed by atoms with Gasteiger partial charge in [-0.2, -0.15) is 0 Å². The third-order valence-corrected chi connectivity index (χ3v) is 4.05. The number of nitrogens with one attached hydrogen (secondary N) is 1. The van der Waals surface area contributed by atoms with Gasteiger partial charge in [-0.25, -0.2) is 0 Å². The first-order chi connectivity index (χ1) is 9.15. The van der Waals surface area contributed by atoms with Gasteiger partial charge in [0.25, 0.3) is 5.91 Å². The van der Waals surface area contributed by atoms with E-state index in [1.807, 2.05) is 36.4 Å². The van der Waals surface area contributed by atoms with Crippen molar-refractivity contribution in [2.75, 3.05) is 0 Å². The molecule has 2 aromatic carbocycles. The number of hydrogen-bond donors (Lipinski definition) is 1. The van der Waals surface area contributed by atoms with Crippen LogP contribution in [0, 0.1) is 0 Å².